The summed E-state index contributed by atoms with van der Waals surface area (Å²) in [5.41, 5.74) is 0. The van der Waals surface area contributed by atoms with Crippen molar-refractivity contribution in [2.45, 2.75) is 110 Å². The molecule has 0 aromatic carbocycles. The van der Waals surface area contributed by atoms with E-state index in [1.807, 2.05) is 0 Å². The molecule has 0 saturated heterocycles. The highest BCUT2D eigenvalue weighted by Crippen LogP contribution is 2.13. The monoisotopic (exact) mass is 312 g/mol. The van der Waals surface area contributed by atoms with Crippen LogP contribution in [0.3, 0.4) is 0 Å². The Morgan fingerprint density at radius 3 is 0.632 bits per heavy atom. The van der Waals surface area contributed by atoms with Crippen LogP contribution in [0.2, 0.25) is 0 Å². The third kappa shape index (κ3) is 24.0. The summed E-state index contributed by atoms with van der Waals surface area (Å²) in [6.45, 7) is 4.58. The molecule has 0 rings (SSSR count). The van der Waals surface area contributed by atoms with E-state index in [0.717, 1.165) is 0 Å². The lowest BCUT2D eigenvalue weighted by molar-refractivity contribution is 0.534. The van der Waals surface area contributed by atoms with Crippen molar-refractivity contribution in [1.29, 1.82) is 0 Å². The van der Waals surface area contributed by atoms with Gasteiger partial charge in [-0.2, -0.15) is 0 Å². The number of rotatable bonds is 14. The zero-order valence-corrected chi connectivity index (χ0v) is 15.1. The second-order valence-electron chi connectivity index (χ2n) is 5.60. The fraction of sp³-hybridized carbons (Fsp3) is 1.00. The van der Waals surface area contributed by atoms with Crippen molar-refractivity contribution < 1.29 is 0 Å². The summed E-state index contributed by atoms with van der Waals surface area (Å²) in [4.78, 5) is 0. The van der Waals surface area contributed by atoms with Gasteiger partial charge in [0.15, 0.2) is 0 Å². The van der Waals surface area contributed by atoms with E-state index in [-0.39, 0.29) is 24.8 Å². The van der Waals surface area contributed by atoms with E-state index in [2.05, 4.69) is 13.8 Å². The van der Waals surface area contributed by atoms with Crippen LogP contribution >= 0.6 is 24.8 Å². The first-order chi connectivity index (χ1) is 8.41. The molecule has 2 heteroatoms. The van der Waals surface area contributed by atoms with Gasteiger partial charge in [0, 0.05) is 0 Å². The van der Waals surface area contributed by atoms with E-state index in [4.69, 9.17) is 0 Å². The Morgan fingerprint density at radius 2 is 0.474 bits per heavy atom. The highest BCUT2D eigenvalue weighted by atomic mass is 35.5. The van der Waals surface area contributed by atoms with Gasteiger partial charge in [0.25, 0.3) is 0 Å². The molecule has 0 aromatic rings. The van der Waals surface area contributed by atoms with Gasteiger partial charge in [0.1, 0.15) is 0 Å². The number of halogens is 2. The molecule has 0 radical (unpaired) electrons. The molecule has 0 spiro atoms. The molecule has 0 aliphatic carbocycles. The summed E-state index contributed by atoms with van der Waals surface area (Å²) in [5, 5.41) is 0. The molecule has 0 unspecified atom stereocenters. The van der Waals surface area contributed by atoms with Crippen LogP contribution in [0.15, 0.2) is 0 Å². The topological polar surface area (TPSA) is 0 Å². The van der Waals surface area contributed by atoms with Gasteiger partial charge in [-0.15, -0.1) is 24.8 Å². The quantitative estimate of drug-likeness (QED) is 0.288. The molecule has 120 valence electrons. The summed E-state index contributed by atoms with van der Waals surface area (Å²) in [5.74, 6) is 0. The molecule has 0 N–H and O–H groups in total. The van der Waals surface area contributed by atoms with E-state index in [0.29, 0.717) is 0 Å². The van der Waals surface area contributed by atoms with Gasteiger partial charge in [0.05, 0.1) is 0 Å². The standard InChI is InChI=1S/C17H36.2ClH/c1-3-5-7-9-11-13-15-17-16-14-12-10-8-6-4-2;;/h3-17H2,1-2H3;2*1H. The molecule has 0 fully saturated rings. The van der Waals surface area contributed by atoms with Crippen LogP contribution in [-0.4, -0.2) is 0 Å². The molecule has 0 bridgehead atoms. The lowest BCUT2D eigenvalue weighted by Gasteiger charge is -2.02. The third-order valence-electron chi connectivity index (χ3n) is 3.71. The molecule has 0 aromatic heterocycles. The Kier molecular flexibility index (Phi) is 30.6. The number of hydrogen-bond donors (Lipinski definition) is 0. The van der Waals surface area contributed by atoms with E-state index in [1.54, 1.807) is 0 Å². The van der Waals surface area contributed by atoms with Gasteiger partial charge in [-0.05, 0) is 0 Å². The SMILES string of the molecule is CCCCCCCCCCCCCCCCC.Cl.Cl. The van der Waals surface area contributed by atoms with Gasteiger partial charge in [0.2, 0.25) is 0 Å². The highest BCUT2D eigenvalue weighted by molar-refractivity contribution is 5.85. The van der Waals surface area contributed by atoms with Crippen LogP contribution in [0.4, 0.5) is 0 Å². The smallest absolute Gasteiger partial charge is 0.0533 e. The average Bonchev–Trinajstić information content (AvgIpc) is 2.35. The molecule has 0 amide bonds. The maximum atomic E-state index is 2.29. The molecule has 19 heavy (non-hydrogen) atoms. The molecule has 0 atom stereocenters. The van der Waals surface area contributed by atoms with Crippen LogP contribution in [0.5, 0.6) is 0 Å². The van der Waals surface area contributed by atoms with Gasteiger partial charge >= 0.3 is 0 Å². The second kappa shape index (κ2) is 23.7. The maximum Gasteiger partial charge on any atom is -0.0533 e. The van der Waals surface area contributed by atoms with Crippen molar-refractivity contribution in [3.63, 3.8) is 0 Å². The lowest BCUT2D eigenvalue weighted by atomic mass is 10.0. The van der Waals surface area contributed by atoms with Crippen molar-refractivity contribution in [2.24, 2.45) is 0 Å². The van der Waals surface area contributed by atoms with Crippen LogP contribution in [-0.2, 0) is 0 Å². The Morgan fingerprint density at radius 1 is 0.316 bits per heavy atom. The molecule has 0 nitrogen and oxygen atoms in total. The Bertz CT molecular complexity index is 112. The van der Waals surface area contributed by atoms with Crippen molar-refractivity contribution in [3.8, 4) is 0 Å². The molecule has 0 aliphatic heterocycles. The fourth-order valence-corrected chi connectivity index (χ4v) is 2.44. The maximum absolute atomic E-state index is 2.29. The predicted octanol–water partition coefficient (Wildman–Crippen LogP) is 7.72. The van der Waals surface area contributed by atoms with Crippen LogP contribution < -0.4 is 0 Å². The first kappa shape index (κ1) is 24.6. The third-order valence-corrected chi connectivity index (χ3v) is 3.71. The zero-order chi connectivity index (χ0) is 12.6. The van der Waals surface area contributed by atoms with Crippen molar-refractivity contribution in [2.75, 3.05) is 0 Å². The summed E-state index contributed by atoms with van der Waals surface area (Å²) >= 11 is 0. The van der Waals surface area contributed by atoms with E-state index < -0.39 is 0 Å². The number of unbranched alkanes of at least 4 members (excludes halogenated alkanes) is 14. The van der Waals surface area contributed by atoms with Gasteiger partial charge in [-0.25, -0.2) is 0 Å². The molecule has 0 saturated carbocycles. The zero-order valence-electron chi connectivity index (χ0n) is 13.4. The highest BCUT2D eigenvalue weighted by Gasteiger charge is 1.93. The summed E-state index contributed by atoms with van der Waals surface area (Å²) in [6.07, 6.45) is 21.9. The first-order valence-electron chi connectivity index (χ1n) is 8.41. The fourth-order valence-electron chi connectivity index (χ4n) is 2.44. The summed E-state index contributed by atoms with van der Waals surface area (Å²) < 4.78 is 0. The van der Waals surface area contributed by atoms with Crippen LogP contribution in [0.1, 0.15) is 110 Å². The Labute approximate surface area is 135 Å². The van der Waals surface area contributed by atoms with E-state index >= 15 is 0 Å². The van der Waals surface area contributed by atoms with E-state index in [9.17, 15) is 0 Å². The minimum absolute atomic E-state index is 0. The summed E-state index contributed by atoms with van der Waals surface area (Å²) in [7, 11) is 0. The second-order valence-corrected chi connectivity index (χ2v) is 5.60. The Balaban J connectivity index is -0.00000128. The normalized spacial score (nSPS) is 9.79. The number of hydrogen-bond acceptors (Lipinski definition) is 0. The molecular weight excluding hydrogens is 275 g/mol. The lowest BCUT2D eigenvalue weighted by Crippen LogP contribution is -1.82. The minimum Gasteiger partial charge on any atom is -0.147 e. The van der Waals surface area contributed by atoms with Crippen molar-refractivity contribution in [3.05, 3.63) is 0 Å². The van der Waals surface area contributed by atoms with E-state index in [1.165, 1.54) is 96.3 Å². The molecule has 0 aliphatic rings. The largest absolute Gasteiger partial charge is 0.147 e. The van der Waals surface area contributed by atoms with Gasteiger partial charge < -0.3 is 0 Å². The predicted molar refractivity (Wildman–Crippen MR) is 95.1 cm³/mol. The minimum atomic E-state index is 0. The molecular formula is C17H38Cl2. The van der Waals surface area contributed by atoms with Crippen LogP contribution in [0.25, 0.3) is 0 Å². The summed E-state index contributed by atoms with van der Waals surface area (Å²) in [6, 6.07) is 0. The van der Waals surface area contributed by atoms with Gasteiger partial charge in [-0.3, -0.25) is 0 Å². The first-order valence-corrected chi connectivity index (χ1v) is 8.41. The average molecular weight is 313 g/mol. The van der Waals surface area contributed by atoms with Crippen LogP contribution in [0, 0.1) is 0 Å². The molecule has 0 heterocycles. The Hall–Kier alpha value is 0.580. The van der Waals surface area contributed by atoms with Crippen molar-refractivity contribution >= 4 is 24.8 Å². The van der Waals surface area contributed by atoms with Crippen molar-refractivity contribution in [1.82, 2.24) is 0 Å². The van der Waals surface area contributed by atoms with Gasteiger partial charge in [-0.1, -0.05) is 110 Å².